The lowest BCUT2D eigenvalue weighted by molar-refractivity contribution is -0.382. The first kappa shape index (κ1) is 23.7. The van der Waals surface area contributed by atoms with Gasteiger partial charge in [-0.1, -0.05) is 60.7 Å². The zero-order valence-corrected chi connectivity index (χ0v) is 19.6. The van der Waals surface area contributed by atoms with Crippen molar-refractivity contribution in [3.63, 3.8) is 0 Å². The molecule has 8 nitrogen and oxygen atoms in total. The minimum absolute atomic E-state index is 0.0939. The molecule has 1 unspecified atom stereocenters. The van der Waals surface area contributed by atoms with E-state index >= 15 is 0 Å². The summed E-state index contributed by atoms with van der Waals surface area (Å²) in [4.78, 5) is 40.3. The molecule has 8 heteroatoms. The van der Waals surface area contributed by atoms with Crippen LogP contribution in [0.15, 0.2) is 94.1 Å². The molecule has 0 saturated carbocycles. The van der Waals surface area contributed by atoms with Crippen LogP contribution in [-0.2, 0) is 4.79 Å². The average Bonchev–Trinajstić information content (AvgIpc) is 2.81. The van der Waals surface area contributed by atoms with Crippen molar-refractivity contribution in [1.29, 1.82) is 0 Å². The summed E-state index contributed by atoms with van der Waals surface area (Å²) < 4.78 is 5.52. The van der Waals surface area contributed by atoms with Crippen molar-refractivity contribution in [2.24, 2.45) is 0 Å². The van der Waals surface area contributed by atoms with Crippen LogP contribution in [0.25, 0.3) is 11.0 Å². The standard InChI is InChI=1S/C27H25N3O5/c1-27(2,3)28-25(31)22(18-12-6-4-7-13-18)29(19-14-8-5-9-15-19)24-23(30(33)34)20-16-10-11-17-21(20)35-26(24)32/h4-17,22H,1-3H3,(H,28,31). The number of hydrogen-bond acceptors (Lipinski definition) is 6. The first-order chi connectivity index (χ1) is 16.7. The van der Waals surface area contributed by atoms with Gasteiger partial charge in [-0.3, -0.25) is 14.9 Å². The predicted octanol–water partition coefficient (Wildman–Crippen LogP) is 5.50. The Kier molecular flexibility index (Phi) is 6.38. The van der Waals surface area contributed by atoms with Gasteiger partial charge in [0.2, 0.25) is 11.6 Å². The highest BCUT2D eigenvalue weighted by atomic mass is 16.6. The van der Waals surface area contributed by atoms with Gasteiger partial charge in [-0.25, -0.2) is 4.79 Å². The topological polar surface area (TPSA) is 106 Å². The highest BCUT2D eigenvalue weighted by Crippen LogP contribution is 2.41. The Morgan fingerprint density at radius 1 is 0.943 bits per heavy atom. The third kappa shape index (κ3) is 4.91. The molecule has 35 heavy (non-hydrogen) atoms. The lowest BCUT2D eigenvalue weighted by Gasteiger charge is -2.34. The van der Waals surface area contributed by atoms with E-state index in [1.54, 1.807) is 66.7 Å². The summed E-state index contributed by atoms with van der Waals surface area (Å²) in [7, 11) is 0. The maximum Gasteiger partial charge on any atom is 0.367 e. The number of amides is 1. The molecule has 0 fully saturated rings. The Bertz CT molecular complexity index is 1430. The highest BCUT2D eigenvalue weighted by Gasteiger charge is 2.38. The van der Waals surface area contributed by atoms with Crippen molar-refractivity contribution in [2.75, 3.05) is 4.90 Å². The predicted molar refractivity (Wildman–Crippen MR) is 135 cm³/mol. The van der Waals surface area contributed by atoms with Gasteiger partial charge in [0.15, 0.2) is 0 Å². The number of carbonyl (C=O) groups is 1. The maximum atomic E-state index is 13.7. The van der Waals surface area contributed by atoms with Crippen LogP contribution in [-0.4, -0.2) is 16.4 Å². The largest absolute Gasteiger partial charge is 0.421 e. The van der Waals surface area contributed by atoms with Crippen LogP contribution in [0.2, 0.25) is 0 Å². The van der Waals surface area contributed by atoms with E-state index in [4.69, 9.17) is 4.42 Å². The molecule has 1 aromatic heterocycles. The number of benzene rings is 3. The Hall–Kier alpha value is -4.46. The van der Waals surface area contributed by atoms with Gasteiger partial charge in [-0.2, -0.15) is 0 Å². The van der Waals surface area contributed by atoms with Crippen LogP contribution in [0.3, 0.4) is 0 Å². The molecular formula is C27H25N3O5. The van der Waals surface area contributed by atoms with Gasteiger partial charge in [0.1, 0.15) is 11.6 Å². The molecule has 0 aliphatic rings. The van der Waals surface area contributed by atoms with Gasteiger partial charge in [0.25, 0.3) is 0 Å². The first-order valence-corrected chi connectivity index (χ1v) is 11.1. The van der Waals surface area contributed by atoms with E-state index in [1.807, 2.05) is 26.8 Å². The summed E-state index contributed by atoms with van der Waals surface area (Å²) >= 11 is 0. The van der Waals surface area contributed by atoms with E-state index in [-0.39, 0.29) is 16.7 Å². The molecule has 1 atom stereocenters. The lowest BCUT2D eigenvalue weighted by atomic mass is 10.00. The molecule has 0 bridgehead atoms. The van der Waals surface area contributed by atoms with Crippen molar-refractivity contribution in [1.82, 2.24) is 5.32 Å². The molecule has 4 rings (SSSR count). The van der Waals surface area contributed by atoms with Crippen molar-refractivity contribution in [2.45, 2.75) is 32.4 Å². The van der Waals surface area contributed by atoms with E-state index in [0.29, 0.717) is 11.3 Å². The third-order valence-electron chi connectivity index (χ3n) is 5.34. The maximum absolute atomic E-state index is 13.7. The second kappa shape index (κ2) is 9.42. The average molecular weight is 472 g/mol. The number of anilines is 2. The number of rotatable bonds is 6. The van der Waals surface area contributed by atoms with Crippen LogP contribution in [0.5, 0.6) is 0 Å². The van der Waals surface area contributed by atoms with E-state index in [1.165, 1.54) is 17.0 Å². The van der Waals surface area contributed by atoms with E-state index < -0.39 is 33.7 Å². The fourth-order valence-electron chi connectivity index (χ4n) is 4.01. The Morgan fingerprint density at radius 3 is 2.11 bits per heavy atom. The molecule has 3 aromatic carbocycles. The number of nitro groups is 1. The fourth-order valence-corrected chi connectivity index (χ4v) is 4.01. The number of nitrogens with zero attached hydrogens (tertiary/aromatic N) is 2. The summed E-state index contributed by atoms with van der Waals surface area (Å²) in [5.74, 6) is -0.422. The number of para-hydroxylation sites is 2. The second-order valence-electron chi connectivity index (χ2n) is 9.10. The van der Waals surface area contributed by atoms with Crippen molar-refractivity contribution in [3.05, 3.63) is 111 Å². The number of fused-ring (bicyclic) bond motifs is 1. The van der Waals surface area contributed by atoms with E-state index in [9.17, 15) is 19.7 Å². The summed E-state index contributed by atoms with van der Waals surface area (Å²) in [5.41, 5.74) is -1.17. The molecule has 1 heterocycles. The Morgan fingerprint density at radius 2 is 1.51 bits per heavy atom. The molecule has 178 valence electrons. The van der Waals surface area contributed by atoms with Crippen LogP contribution >= 0.6 is 0 Å². The second-order valence-corrected chi connectivity index (χ2v) is 9.10. The summed E-state index contributed by atoms with van der Waals surface area (Å²) in [5, 5.41) is 15.5. The van der Waals surface area contributed by atoms with E-state index in [0.717, 1.165) is 0 Å². The molecule has 0 aliphatic carbocycles. The molecular weight excluding hydrogens is 446 g/mol. The van der Waals surface area contributed by atoms with Gasteiger partial charge >= 0.3 is 11.3 Å². The summed E-state index contributed by atoms with van der Waals surface area (Å²) in [6.07, 6.45) is 0. The number of nitrogens with one attached hydrogen (secondary N) is 1. The van der Waals surface area contributed by atoms with Gasteiger partial charge in [-0.15, -0.1) is 0 Å². The van der Waals surface area contributed by atoms with Crippen molar-refractivity contribution >= 4 is 33.9 Å². The smallest absolute Gasteiger partial charge is 0.367 e. The lowest BCUT2D eigenvalue weighted by Crippen LogP contribution is -2.47. The van der Waals surface area contributed by atoms with Crippen molar-refractivity contribution < 1.29 is 14.1 Å². The van der Waals surface area contributed by atoms with Gasteiger partial charge in [0.05, 0.1) is 10.3 Å². The minimum Gasteiger partial charge on any atom is -0.421 e. The number of carbonyl (C=O) groups excluding carboxylic acids is 1. The molecule has 1 N–H and O–H groups in total. The molecule has 0 aliphatic heterocycles. The molecule has 1 amide bonds. The van der Waals surface area contributed by atoms with E-state index in [2.05, 4.69) is 5.32 Å². The van der Waals surface area contributed by atoms with Gasteiger partial charge in [-0.05, 0) is 50.6 Å². The number of hydrogen-bond donors (Lipinski definition) is 1. The monoisotopic (exact) mass is 471 g/mol. The highest BCUT2D eigenvalue weighted by molar-refractivity contribution is 5.97. The van der Waals surface area contributed by atoms with Crippen LogP contribution in [0, 0.1) is 10.1 Å². The fraction of sp³-hybridized carbons (Fsp3) is 0.185. The zero-order chi connectivity index (χ0) is 25.2. The minimum atomic E-state index is -1.10. The van der Waals surface area contributed by atoms with Gasteiger partial charge in [0, 0.05) is 11.2 Å². The third-order valence-corrected chi connectivity index (χ3v) is 5.34. The summed E-state index contributed by atoms with van der Waals surface area (Å²) in [6.45, 7) is 5.52. The van der Waals surface area contributed by atoms with Crippen molar-refractivity contribution in [3.8, 4) is 0 Å². The molecule has 0 radical (unpaired) electrons. The SMILES string of the molecule is CC(C)(C)NC(=O)C(c1ccccc1)N(c1ccccc1)c1c([N+](=O)[O-])c2ccccc2oc1=O. The molecule has 4 aromatic rings. The van der Waals surface area contributed by atoms with Crippen LogP contribution < -0.4 is 15.8 Å². The molecule has 0 saturated heterocycles. The van der Waals surface area contributed by atoms with Crippen LogP contribution in [0.4, 0.5) is 17.1 Å². The van der Waals surface area contributed by atoms with Crippen LogP contribution in [0.1, 0.15) is 32.4 Å². The molecule has 0 spiro atoms. The zero-order valence-electron chi connectivity index (χ0n) is 19.6. The summed E-state index contributed by atoms with van der Waals surface area (Å²) in [6, 6.07) is 22.7. The Balaban J connectivity index is 2.09. The Labute approximate surface area is 202 Å². The first-order valence-electron chi connectivity index (χ1n) is 11.1. The van der Waals surface area contributed by atoms with Gasteiger partial charge < -0.3 is 14.6 Å². The normalized spacial score (nSPS) is 12.2. The quantitative estimate of drug-likeness (QED) is 0.226.